The number of piperidine rings is 1. The number of rotatable bonds is 7. The lowest BCUT2D eigenvalue weighted by atomic mass is 10.1. The van der Waals surface area contributed by atoms with E-state index in [2.05, 4.69) is 4.90 Å². The zero-order valence-corrected chi connectivity index (χ0v) is 20.7. The highest BCUT2D eigenvalue weighted by atomic mass is 16.6. The Labute approximate surface area is 207 Å². The molecule has 0 aromatic heterocycles. The van der Waals surface area contributed by atoms with Crippen molar-refractivity contribution in [3.05, 3.63) is 54.1 Å². The Morgan fingerprint density at radius 2 is 1.49 bits per heavy atom. The number of ether oxygens (including phenoxy) is 3. The van der Waals surface area contributed by atoms with Crippen LogP contribution in [0.3, 0.4) is 0 Å². The van der Waals surface area contributed by atoms with Crippen LogP contribution < -0.4 is 14.4 Å². The molecule has 0 radical (unpaired) electrons. The van der Waals surface area contributed by atoms with Crippen LogP contribution in [-0.4, -0.2) is 75.3 Å². The van der Waals surface area contributed by atoms with E-state index in [1.807, 2.05) is 53.4 Å². The monoisotopic (exact) mass is 481 g/mol. The Morgan fingerprint density at radius 3 is 2.14 bits per heavy atom. The van der Waals surface area contributed by atoms with E-state index in [1.54, 1.807) is 19.1 Å². The molecule has 2 amide bonds. The quantitative estimate of drug-likeness (QED) is 0.593. The van der Waals surface area contributed by atoms with Gasteiger partial charge in [-0.1, -0.05) is 30.3 Å². The molecule has 0 saturated carbocycles. The van der Waals surface area contributed by atoms with E-state index in [4.69, 9.17) is 14.2 Å². The number of amides is 2. The Kier molecular flexibility index (Phi) is 8.34. The van der Waals surface area contributed by atoms with E-state index in [-0.39, 0.29) is 18.4 Å². The molecule has 2 aliphatic heterocycles. The molecular weight excluding hydrogens is 446 g/mol. The number of hydrogen-bond acceptors (Lipinski definition) is 6. The zero-order valence-electron chi connectivity index (χ0n) is 20.7. The van der Waals surface area contributed by atoms with Gasteiger partial charge < -0.3 is 28.9 Å². The SMILES string of the molecule is COc1ccc(N2CCN(C(=O)C[C@@H](OC(=O)N3CCCCC3)c3ccccc3)CC2)cc1OC. The molecule has 1 atom stereocenters. The summed E-state index contributed by atoms with van der Waals surface area (Å²) in [6.45, 7) is 4.07. The van der Waals surface area contributed by atoms with Gasteiger partial charge in [-0.05, 0) is 37.0 Å². The smallest absolute Gasteiger partial charge is 0.410 e. The number of anilines is 1. The van der Waals surface area contributed by atoms with E-state index in [9.17, 15) is 9.59 Å². The van der Waals surface area contributed by atoms with Crippen molar-refractivity contribution >= 4 is 17.7 Å². The lowest BCUT2D eigenvalue weighted by molar-refractivity contribution is -0.133. The molecule has 35 heavy (non-hydrogen) atoms. The topological polar surface area (TPSA) is 71.6 Å². The van der Waals surface area contributed by atoms with Crippen molar-refractivity contribution in [2.24, 2.45) is 0 Å². The summed E-state index contributed by atoms with van der Waals surface area (Å²) >= 11 is 0. The second-order valence-electron chi connectivity index (χ2n) is 8.94. The van der Waals surface area contributed by atoms with E-state index in [0.29, 0.717) is 50.8 Å². The van der Waals surface area contributed by atoms with Gasteiger partial charge >= 0.3 is 6.09 Å². The summed E-state index contributed by atoms with van der Waals surface area (Å²) in [5.74, 6) is 1.37. The van der Waals surface area contributed by atoms with Gasteiger partial charge in [-0.15, -0.1) is 0 Å². The van der Waals surface area contributed by atoms with Crippen LogP contribution in [-0.2, 0) is 9.53 Å². The number of benzene rings is 2. The Bertz CT molecular complexity index is 986. The molecule has 2 heterocycles. The number of likely N-dealkylation sites (tertiary alicyclic amines) is 1. The molecule has 4 rings (SSSR count). The van der Waals surface area contributed by atoms with Crippen molar-refractivity contribution in [1.82, 2.24) is 9.80 Å². The summed E-state index contributed by atoms with van der Waals surface area (Å²) in [5, 5.41) is 0. The van der Waals surface area contributed by atoms with Crippen molar-refractivity contribution in [1.29, 1.82) is 0 Å². The van der Waals surface area contributed by atoms with Crippen molar-refractivity contribution in [2.45, 2.75) is 31.8 Å². The molecule has 2 aromatic carbocycles. The minimum atomic E-state index is -0.595. The molecule has 0 unspecified atom stereocenters. The highest BCUT2D eigenvalue weighted by Crippen LogP contribution is 2.32. The highest BCUT2D eigenvalue weighted by molar-refractivity contribution is 5.78. The van der Waals surface area contributed by atoms with Crippen LogP contribution in [0.1, 0.15) is 37.4 Å². The molecular formula is C27H35N3O5. The van der Waals surface area contributed by atoms with Crippen LogP contribution in [0.25, 0.3) is 0 Å². The second-order valence-corrected chi connectivity index (χ2v) is 8.94. The van der Waals surface area contributed by atoms with Crippen LogP contribution in [0.15, 0.2) is 48.5 Å². The zero-order chi connectivity index (χ0) is 24.6. The maximum absolute atomic E-state index is 13.2. The molecule has 0 N–H and O–H groups in total. The van der Waals surface area contributed by atoms with Crippen LogP contribution in [0.2, 0.25) is 0 Å². The van der Waals surface area contributed by atoms with Crippen LogP contribution >= 0.6 is 0 Å². The first-order valence-corrected chi connectivity index (χ1v) is 12.3. The fraction of sp³-hybridized carbons (Fsp3) is 0.481. The van der Waals surface area contributed by atoms with Crippen LogP contribution in [0, 0.1) is 0 Å². The van der Waals surface area contributed by atoms with Crippen molar-refractivity contribution in [3.8, 4) is 11.5 Å². The largest absolute Gasteiger partial charge is 0.493 e. The summed E-state index contributed by atoms with van der Waals surface area (Å²) in [5.41, 5.74) is 1.88. The minimum Gasteiger partial charge on any atom is -0.493 e. The van der Waals surface area contributed by atoms with Gasteiger partial charge in [0, 0.05) is 51.0 Å². The van der Waals surface area contributed by atoms with Crippen LogP contribution in [0.5, 0.6) is 11.5 Å². The second kappa shape index (κ2) is 11.8. The number of piperazine rings is 1. The normalized spacial score (nSPS) is 17.0. The molecule has 2 aromatic rings. The number of carbonyl (C=O) groups excluding carboxylic acids is 2. The minimum absolute atomic E-state index is 0.00254. The molecule has 0 aliphatic carbocycles. The van der Waals surface area contributed by atoms with Gasteiger partial charge in [-0.25, -0.2) is 4.79 Å². The Morgan fingerprint density at radius 1 is 0.800 bits per heavy atom. The maximum Gasteiger partial charge on any atom is 0.410 e. The van der Waals surface area contributed by atoms with Gasteiger partial charge in [-0.3, -0.25) is 4.79 Å². The summed E-state index contributed by atoms with van der Waals surface area (Å²) in [6, 6.07) is 15.4. The summed E-state index contributed by atoms with van der Waals surface area (Å²) in [4.78, 5) is 31.9. The van der Waals surface area contributed by atoms with E-state index < -0.39 is 6.10 Å². The highest BCUT2D eigenvalue weighted by Gasteiger charge is 2.28. The summed E-state index contributed by atoms with van der Waals surface area (Å²) < 4.78 is 16.6. The molecule has 8 nitrogen and oxygen atoms in total. The predicted octanol–water partition coefficient (Wildman–Crippen LogP) is 4.11. The van der Waals surface area contributed by atoms with Crippen LogP contribution in [0.4, 0.5) is 10.5 Å². The van der Waals surface area contributed by atoms with E-state index in [1.165, 1.54) is 0 Å². The maximum atomic E-state index is 13.2. The third kappa shape index (κ3) is 6.18. The average Bonchev–Trinajstić information content (AvgIpc) is 2.93. The predicted molar refractivity (Wildman–Crippen MR) is 134 cm³/mol. The van der Waals surface area contributed by atoms with Gasteiger partial charge in [0.1, 0.15) is 6.10 Å². The van der Waals surface area contributed by atoms with E-state index >= 15 is 0 Å². The molecule has 0 spiro atoms. The fourth-order valence-electron chi connectivity index (χ4n) is 4.69. The van der Waals surface area contributed by atoms with Gasteiger partial charge in [0.25, 0.3) is 0 Å². The first kappa shape index (κ1) is 24.7. The van der Waals surface area contributed by atoms with E-state index in [0.717, 1.165) is 30.5 Å². The lowest BCUT2D eigenvalue weighted by Gasteiger charge is -2.37. The summed E-state index contributed by atoms with van der Waals surface area (Å²) in [6.07, 6.45) is 2.34. The molecule has 0 bridgehead atoms. The van der Waals surface area contributed by atoms with Gasteiger partial charge in [-0.2, -0.15) is 0 Å². The molecule has 8 heteroatoms. The summed E-state index contributed by atoms with van der Waals surface area (Å²) in [7, 11) is 3.24. The Hall–Kier alpha value is -3.42. The Balaban J connectivity index is 1.37. The fourth-order valence-corrected chi connectivity index (χ4v) is 4.69. The van der Waals surface area contributed by atoms with Gasteiger partial charge in [0.2, 0.25) is 5.91 Å². The standard InChI is InChI=1S/C27H35N3O5/c1-33-23-12-11-22(19-25(23)34-2)28-15-17-29(18-16-28)26(31)20-24(21-9-5-3-6-10-21)35-27(32)30-13-7-4-8-14-30/h3,5-6,9-12,19,24H,4,7-8,13-18,20H2,1-2H3/t24-/m1/s1. The number of methoxy groups -OCH3 is 2. The number of carbonyl (C=O) groups is 2. The number of nitrogens with zero attached hydrogens (tertiary/aromatic N) is 3. The third-order valence-corrected chi connectivity index (χ3v) is 6.75. The average molecular weight is 482 g/mol. The number of hydrogen-bond donors (Lipinski definition) is 0. The molecule has 2 fully saturated rings. The molecule has 2 aliphatic rings. The van der Waals surface area contributed by atoms with Crippen molar-refractivity contribution in [3.63, 3.8) is 0 Å². The first-order chi connectivity index (χ1) is 17.1. The lowest BCUT2D eigenvalue weighted by Crippen LogP contribution is -2.49. The molecule has 188 valence electrons. The third-order valence-electron chi connectivity index (χ3n) is 6.75. The first-order valence-electron chi connectivity index (χ1n) is 12.3. The van der Waals surface area contributed by atoms with Gasteiger partial charge in [0.05, 0.1) is 20.6 Å². The van der Waals surface area contributed by atoms with Crippen molar-refractivity contribution < 1.29 is 23.8 Å². The van der Waals surface area contributed by atoms with Crippen molar-refractivity contribution in [2.75, 3.05) is 58.4 Å². The van der Waals surface area contributed by atoms with Gasteiger partial charge in [0.15, 0.2) is 11.5 Å². The molecule has 2 saturated heterocycles.